The highest BCUT2D eigenvalue weighted by Gasteiger charge is 2.32. The van der Waals surface area contributed by atoms with Gasteiger partial charge >= 0.3 is 0 Å². The van der Waals surface area contributed by atoms with Crippen molar-refractivity contribution in [2.75, 3.05) is 19.8 Å². The smallest absolute Gasteiger partial charge is 0.217 e. The molecule has 24 heavy (non-hydrogen) atoms. The van der Waals surface area contributed by atoms with E-state index in [9.17, 15) is 8.42 Å². The van der Waals surface area contributed by atoms with E-state index in [2.05, 4.69) is 25.5 Å². The molecular formula is C18H29NO4S. The van der Waals surface area contributed by atoms with Gasteiger partial charge in [-0.25, -0.2) is 13.1 Å². The van der Waals surface area contributed by atoms with Gasteiger partial charge in [-0.1, -0.05) is 39.0 Å². The summed E-state index contributed by atoms with van der Waals surface area (Å²) in [5, 5.41) is -0.462. The summed E-state index contributed by atoms with van der Waals surface area (Å²) in [6, 6.07) is 7.41. The Bertz CT molecular complexity index is 609. The first-order valence-corrected chi connectivity index (χ1v) is 10.3. The van der Waals surface area contributed by atoms with E-state index in [1.807, 2.05) is 24.3 Å². The lowest BCUT2D eigenvalue weighted by Gasteiger charge is -2.24. The number of benzene rings is 1. The molecule has 0 amide bonds. The number of hydrogen-bond donors (Lipinski definition) is 1. The van der Waals surface area contributed by atoms with Gasteiger partial charge < -0.3 is 9.47 Å². The van der Waals surface area contributed by atoms with Gasteiger partial charge in [-0.15, -0.1) is 0 Å². The van der Waals surface area contributed by atoms with Crippen molar-refractivity contribution in [2.45, 2.75) is 51.3 Å². The van der Waals surface area contributed by atoms with Gasteiger partial charge in [-0.05, 0) is 31.2 Å². The second-order valence-corrected chi connectivity index (χ2v) is 8.71. The van der Waals surface area contributed by atoms with Gasteiger partial charge in [0.2, 0.25) is 10.0 Å². The van der Waals surface area contributed by atoms with Gasteiger partial charge in [0, 0.05) is 12.2 Å². The number of ether oxygens (including phenoxy) is 2. The zero-order valence-electron chi connectivity index (χ0n) is 14.8. The second-order valence-electron chi connectivity index (χ2n) is 6.72. The molecule has 1 aliphatic heterocycles. The van der Waals surface area contributed by atoms with E-state index in [-0.39, 0.29) is 12.6 Å². The van der Waals surface area contributed by atoms with Crippen molar-refractivity contribution in [3.8, 4) is 5.75 Å². The van der Waals surface area contributed by atoms with E-state index < -0.39 is 15.3 Å². The summed E-state index contributed by atoms with van der Waals surface area (Å²) in [5.41, 5.74) is 0.905. The number of nitrogens with one attached hydrogen (secondary N) is 1. The molecule has 2 rings (SSSR count). The highest BCUT2D eigenvalue weighted by Crippen LogP contribution is 2.31. The van der Waals surface area contributed by atoms with Crippen LogP contribution in [-0.4, -0.2) is 33.5 Å². The Hall–Kier alpha value is -1.11. The van der Waals surface area contributed by atoms with Crippen LogP contribution in [0.25, 0.3) is 0 Å². The number of hydrogen-bond acceptors (Lipinski definition) is 4. The van der Waals surface area contributed by atoms with E-state index in [0.29, 0.717) is 25.6 Å². The molecule has 0 aliphatic carbocycles. The van der Waals surface area contributed by atoms with Gasteiger partial charge in [0.25, 0.3) is 0 Å². The van der Waals surface area contributed by atoms with Crippen LogP contribution in [0.2, 0.25) is 0 Å². The summed E-state index contributed by atoms with van der Waals surface area (Å²) in [6.07, 6.45) is 2.19. The lowest BCUT2D eigenvalue weighted by atomic mass is 9.97. The molecule has 5 nitrogen and oxygen atoms in total. The predicted octanol–water partition coefficient (Wildman–Crippen LogP) is 3.27. The minimum absolute atomic E-state index is 0.276. The molecule has 1 saturated heterocycles. The van der Waals surface area contributed by atoms with Gasteiger partial charge in [0.1, 0.15) is 11.0 Å². The lowest BCUT2D eigenvalue weighted by molar-refractivity contribution is 0.198. The average Bonchev–Trinajstić information content (AvgIpc) is 3.07. The quantitative estimate of drug-likeness (QED) is 0.738. The first-order chi connectivity index (χ1) is 11.4. The Balaban J connectivity index is 2.25. The molecule has 0 aromatic heterocycles. The van der Waals surface area contributed by atoms with Crippen molar-refractivity contribution in [3.63, 3.8) is 0 Å². The second kappa shape index (κ2) is 8.83. The van der Waals surface area contributed by atoms with Crippen molar-refractivity contribution in [1.82, 2.24) is 4.72 Å². The molecule has 1 aliphatic rings. The van der Waals surface area contributed by atoms with Gasteiger partial charge in [0.05, 0.1) is 19.3 Å². The molecule has 1 N–H and O–H groups in total. The van der Waals surface area contributed by atoms with Crippen LogP contribution in [0.15, 0.2) is 24.3 Å². The largest absolute Gasteiger partial charge is 0.493 e. The van der Waals surface area contributed by atoms with Crippen molar-refractivity contribution < 1.29 is 17.9 Å². The molecule has 1 heterocycles. The SMILES string of the molecule is CCCOc1ccccc1C(CC(C)C)NS(=O)(=O)C1CCOC1. The molecule has 6 heteroatoms. The third-order valence-electron chi connectivity index (χ3n) is 4.10. The van der Waals surface area contributed by atoms with Crippen LogP contribution < -0.4 is 9.46 Å². The monoisotopic (exact) mass is 355 g/mol. The summed E-state index contributed by atoms with van der Waals surface area (Å²) >= 11 is 0. The number of para-hydroxylation sites is 1. The Kier molecular flexibility index (Phi) is 7.07. The lowest BCUT2D eigenvalue weighted by Crippen LogP contribution is -2.37. The summed E-state index contributed by atoms with van der Waals surface area (Å²) < 4.78 is 39.4. The maximum absolute atomic E-state index is 12.7. The molecule has 1 fully saturated rings. The zero-order valence-corrected chi connectivity index (χ0v) is 15.6. The van der Waals surface area contributed by atoms with Crippen molar-refractivity contribution in [3.05, 3.63) is 29.8 Å². The fraction of sp³-hybridized carbons (Fsp3) is 0.667. The fourth-order valence-corrected chi connectivity index (χ4v) is 4.37. The molecule has 0 spiro atoms. The van der Waals surface area contributed by atoms with Gasteiger partial charge in [-0.3, -0.25) is 0 Å². The first kappa shape index (κ1) is 19.2. The first-order valence-electron chi connectivity index (χ1n) is 8.74. The fourth-order valence-electron chi connectivity index (χ4n) is 2.87. The van der Waals surface area contributed by atoms with Crippen LogP contribution in [0, 0.1) is 5.92 Å². The zero-order chi connectivity index (χ0) is 17.6. The molecule has 2 unspecified atom stereocenters. The number of sulfonamides is 1. The topological polar surface area (TPSA) is 64.6 Å². The molecule has 1 aromatic rings. The maximum atomic E-state index is 12.7. The molecule has 136 valence electrons. The summed E-state index contributed by atoms with van der Waals surface area (Å²) in [4.78, 5) is 0. The Morgan fingerprint density at radius 1 is 1.33 bits per heavy atom. The van der Waals surface area contributed by atoms with Crippen LogP contribution in [0.1, 0.15) is 51.6 Å². The van der Waals surface area contributed by atoms with E-state index >= 15 is 0 Å². The van der Waals surface area contributed by atoms with E-state index in [0.717, 1.165) is 24.2 Å². The molecule has 0 bridgehead atoms. The van der Waals surface area contributed by atoms with Crippen molar-refractivity contribution >= 4 is 10.0 Å². The van der Waals surface area contributed by atoms with Crippen LogP contribution in [-0.2, 0) is 14.8 Å². The summed E-state index contributed by atoms with van der Waals surface area (Å²) in [5.74, 6) is 1.12. The Morgan fingerprint density at radius 2 is 2.08 bits per heavy atom. The Morgan fingerprint density at radius 3 is 2.71 bits per heavy atom. The van der Waals surface area contributed by atoms with E-state index in [4.69, 9.17) is 9.47 Å². The van der Waals surface area contributed by atoms with Crippen LogP contribution >= 0.6 is 0 Å². The Labute approximate surface area is 145 Å². The van der Waals surface area contributed by atoms with Crippen LogP contribution in [0.3, 0.4) is 0 Å². The van der Waals surface area contributed by atoms with Crippen molar-refractivity contribution in [2.24, 2.45) is 5.92 Å². The minimum atomic E-state index is -3.42. The van der Waals surface area contributed by atoms with Crippen molar-refractivity contribution in [1.29, 1.82) is 0 Å². The molecule has 1 aromatic carbocycles. The van der Waals surface area contributed by atoms with Gasteiger partial charge in [-0.2, -0.15) is 0 Å². The van der Waals surface area contributed by atoms with Gasteiger partial charge in [0.15, 0.2) is 0 Å². The van der Waals surface area contributed by atoms with E-state index in [1.165, 1.54) is 0 Å². The maximum Gasteiger partial charge on any atom is 0.217 e. The molecular weight excluding hydrogens is 326 g/mol. The summed E-state index contributed by atoms with van der Waals surface area (Å²) in [7, 11) is -3.42. The number of rotatable bonds is 9. The summed E-state index contributed by atoms with van der Waals surface area (Å²) in [6.45, 7) is 7.64. The standard InChI is InChI=1S/C18H29NO4S/c1-4-10-23-18-8-6-5-7-16(18)17(12-14(2)3)19-24(20,21)15-9-11-22-13-15/h5-8,14-15,17,19H,4,9-13H2,1-3H3. The third-order valence-corrected chi connectivity index (χ3v) is 5.96. The molecule has 2 atom stereocenters. The molecule has 0 radical (unpaired) electrons. The average molecular weight is 356 g/mol. The highest BCUT2D eigenvalue weighted by atomic mass is 32.2. The third kappa shape index (κ3) is 5.19. The predicted molar refractivity (Wildman–Crippen MR) is 95.7 cm³/mol. The van der Waals surface area contributed by atoms with E-state index in [1.54, 1.807) is 0 Å². The molecule has 0 saturated carbocycles. The minimum Gasteiger partial charge on any atom is -0.493 e. The normalized spacial score (nSPS) is 19.6. The highest BCUT2D eigenvalue weighted by molar-refractivity contribution is 7.90. The van der Waals surface area contributed by atoms with Crippen LogP contribution in [0.4, 0.5) is 0 Å². The van der Waals surface area contributed by atoms with Crippen LogP contribution in [0.5, 0.6) is 5.75 Å².